The third-order valence-corrected chi connectivity index (χ3v) is 5.35. The summed E-state index contributed by atoms with van der Waals surface area (Å²) in [6.07, 6.45) is 1.84. The van der Waals surface area contributed by atoms with Gasteiger partial charge in [-0.2, -0.15) is 0 Å². The van der Waals surface area contributed by atoms with Crippen molar-refractivity contribution in [2.45, 2.75) is 32.7 Å². The van der Waals surface area contributed by atoms with Crippen LogP contribution in [0.1, 0.15) is 31.9 Å². The van der Waals surface area contributed by atoms with Gasteiger partial charge in [0.1, 0.15) is 0 Å². The number of para-hydroxylation sites is 1. The number of benzene rings is 2. The van der Waals surface area contributed by atoms with Gasteiger partial charge < -0.3 is 20.1 Å². The zero-order chi connectivity index (χ0) is 22.3. The van der Waals surface area contributed by atoms with E-state index in [2.05, 4.69) is 48.5 Å². The smallest absolute Gasteiger partial charge is 0.191 e. The van der Waals surface area contributed by atoms with Gasteiger partial charge in [-0.3, -0.25) is 4.98 Å². The molecule has 0 aliphatic heterocycles. The van der Waals surface area contributed by atoms with Crippen LogP contribution in [0.15, 0.2) is 59.7 Å². The second kappa shape index (κ2) is 11.9. The lowest BCUT2D eigenvalue weighted by molar-refractivity contribution is 0.353. The lowest BCUT2D eigenvalue weighted by Crippen LogP contribution is -2.43. The summed E-state index contributed by atoms with van der Waals surface area (Å²) >= 11 is 0. The molecule has 0 aliphatic carbocycles. The molecule has 0 saturated carbocycles. The highest BCUT2D eigenvalue weighted by Crippen LogP contribution is 2.32. The molecule has 0 radical (unpaired) electrons. The first kappa shape index (κ1) is 25.7. The molecule has 3 rings (SSSR count). The molecule has 6 nitrogen and oxygen atoms in total. The summed E-state index contributed by atoms with van der Waals surface area (Å²) < 4.78 is 10.8. The van der Waals surface area contributed by atoms with Crippen molar-refractivity contribution in [2.24, 2.45) is 4.99 Å². The Hall–Kier alpha value is -2.55. The van der Waals surface area contributed by atoms with Crippen molar-refractivity contribution < 1.29 is 9.47 Å². The summed E-state index contributed by atoms with van der Waals surface area (Å²) in [4.78, 5) is 9.25. The maximum absolute atomic E-state index is 5.47. The molecule has 0 atom stereocenters. The molecule has 2 aromatic carbocycles. The molecule has 0 unspecified atom stereocenters. The number of methoxy groups -OCH3 is 2. The number of nitrogens with zero attached hydrogens (tertiary/aromatic N) is 2. The molecule has 0 saturated heterocycles. The minimum absolute atomic E-state index is 0. The van der Waals surface area contributed by atoms with Crippen molar-refractivity contribution in [1.82, 2.24) is 15.6 Å². The Balaban J connectivity index is 0.00000363. The topological polar surface area (TPSA) is 67.8 Å². The van der Waals surface area contributed by atoms with Crippen LogP contribution in [0.2, 0.25) is 0 Å². The van der Waals surface area contributed by atoms with Gasteiger partial charge in [-0.15, -0.1) is 24.0 Å². The standard InChI is InChI=1S/C25H32N4O2.HI/c1-6-26-24(28-16-18-13-14-27-21-10-8-7-9-20(18)21)29-17-25(2,3)19-11-12-22(30-4)23(15-19)31-5;/h7-15H,6,16-17H2,1-5H3,(H2,26,28,29);1H. The summed E-state index contributed by atoms with van der Waals surface area (Å²) in [5, 5.41) is 7.97. The van der Waals surface area contributed by atoms with E-state index in [-0.39, 0.29) is 29.4 Å². The van der Waals surface area contributed by atoms with Crippen LogP contribution < -0.4 is 20.1 Å². The normalized spacial score (nSPS) is 11.6. The number of halogens is 1. The Morgan fingerprint density at radius 1 is 1.00 bits per heavy atom. The van der Waals surface area contributed by atoms with E-state index in [0.717, 1.165) is 46.0 Å². The van der Waals surface area contributed by atoms with Crippen LogP contribution in [0.4, 0.5) is 0 Å². The summed E-state index contributed by atoms with van der Waals surface area (Å²) in [7, 11) is 3.31. The first-order valence-electron chi connectivity index (χ1n) is 10.6. The molecule has 32 heavy (non-hydrogen) atoms. The minimum atomic E-state index is -0.140. The number of nitrogens with one attached hydrogen (secondary N) is 2. The highest BCUT2D eigenvalue weighted by Gasteiger charge is 2.22. The largest absolute Gasteiger partial charge is 0.493 e. The monoisotopic (exact) mass is 548 g/mol. The Labute approximate surface area is 207 Å². The summed E-state index contributed by atoms with van der Waals surface area (Å²) in [5.41, 5.74) is 3.16. The molecule has 2 N–H and O–H groups in total. The number of pyridine rings is 1. The number of rotatable bonds is 8. The van der Waals surface area contributed by atoms with E-state index < -0.39 is 0 Å². The predicted octanol–water partition coefficient (Wildman–Crippen LogP) is 4.90. The van der Waals surface area contributed by atoms with Crippen LogP contribution in [0.3, 0.4) is 0 Å². The fourth-order valence-electron chi connectivity index (χ4n) is 3.46. The van der Waals surface area contributed by atoms with Crippen molar-refractivity contribution in [3.8, 4) is 11.5 Å². The lowest BCUT2D eigenvalue weighted by Gasteiger charge is -2.27. The van der Waals surface area contributed by atoms with Crippen molar-refractivity contribution in [1.29, 1.82) is 0 Å². The van der Waals surface area contributed by atoms with Crippen LogP contribution in [-0.4, -0.2) is 38.3 Å². The number of aromatic nitrogens is 1. The molecular weight excluding hydrogens is 515 g/mol. The van der Waals surface area contributed by atoms with Gasteiger partial charge in [0.25, 0.3) is 0 Å². The molecule has 0 bridgehead atoms. The predicted molar refractivity (Wildman–Crippen MR) is 143 cm³/mol. The van der Waals surface area contributed by atoms with Gasteiger partial charge in [-0.05, 0) is 42.3 Å². The Bertz CT molecular complexity index is 1050. The fourth-order valence-corrected chi connectivity index (χ4v) is 3.46. The van der Waals surface area contributed by atoms with E-state index in [0.29, 0.717) is 13.1 Å². The molecular formula is C25H33IN4O2. The van der Waals surface area contributed by atoms with Crippen LogP contribution in [0, 0.1) is 0 Å². The first-order valence-corrected chi connectivity index (χ1v) is 10.6. The van der Waals surface area contributed by atoms with E-state index in [9.17, 15) is 0 Å². The molecule has 1 heterocycles. The number of ether oxygens (including phenoxy) is 2. The molecule has 0 fully saturated rings. The van der Waals surface area contributed by atoms with Gasteiger partial charge in [0.05, 0.1) is 26.3 Å². The fraction of sp³-hybridized carbons (Fsp3) is 0.360. The highest BCUT2D eigenvalue weighted by molar-refractivity contribution is 14.0. The molecule has 3 aromatic rings. The average Bonchev–Trinajstić information content (AvgIpc) is 2.80. The van der Waals surface area contributed by atoms with Gasteiger partial charge >= 0.3 is 0 Å². The number of aliphatic imine (C=N–C) groups is 1. The SMILES string of the molecule is CCNC(=NCc1ccnc2ccccc12)NCC(C)(C)c1ccc(OC)c(OC)c1.I. The maximum atomic E-state index is 5.47. The molecule has 1 aromatic heterocycles. The summed E-state index contributed by atoms with van der Waals surface area (Å²) in [6.45, 7) is 8.54. The zero-order valence-electron chi connectivity index (χ0n) is 19.4. The third-order valence-electron chi connectivity index (χ3n) is 5.35. The Morgan fingerprint density at radius 2 is 1.75 bits per heavy atom. The Morgan fingerprint density at radius 3 is 2.47 bits per heavy atom. The van der Waals surface area contributed by atoms with E-state index in [1.807, 2.05) is 42.6 Å². The molecule has 172 valence electrons. The van der Waals surface area contributed by atoms with Crippen molar-refractivity contribution in [2.75, 3.05) is 27.3 Å². The third kappa shape index (κ3) is 6.25. The molecule has 0 spiro atoms. The number of hydrogen-bond acceptors (Lipinski definition) is 4. The Kier molecular flexibility index (Phi) is 9.56. The van der Waals surface area contributed by atoms with Gasteiger partial charge in [-0.1, -0.05) is 38.1 Å². The van der Waals surface area contributed by atoms with Crippen LogP contribution in [0.25, 0.3) is 10.9 Å². The molecule has 0 amide bonds. The lowest BCUT2D eigenvalue weighted by atomic mass is 9.84. The number of fused-ring (bicyclic) bond motifs is 1. The number of hydrogen-bond donors (Lipinski definition) is 2. The van der Waals surface area contributed by atoms with Crippen molar-refractivity contribution >= 4 is 40.8 Å². The van der Waals surface area contributed by atoms with Crippen LogP contribution in [-0.2, 0) is 12.0 Å². The van der Waals surface area contributed by atoms with Crippen molar-refractivity contribution in [3.05, 3.63) is 65.9 Å². The van der Waals surface area contributed by atoms with E-state index in [1.165, 1.54) is 0 Å². The van der Waals surface area contributed by atoms with Crippen LogP contribution in [0.5, 0.6) is 11.5 Å². The van der Waals surface area contributed by atoms with E-state index in [4.69, 9.17) is 14.5 Å². The van der Waals surface area contributed by atoms with E-state index in [1.54, 1.807) is 14.2 Å². The second-order valence-corrected chi connectivity index (χ2v) is 7.99. The zero-order valence-corrected chi connectivity index (χ0v) is 21.8. The van der Waals surface area contributed by atoms with Gasteiger partial charge in [-0.25, -0.2) is 4.99 Å². The summed E-state index contributed by atoms with van der Waals surface area (Å²) in [6, 6.07) is 16.2. The second-order valence-electron chi connectivity index (χ2n) is 7.99. The van der Waals surface area contributed by atoms with Gasteiger partial charge in [0.2, 0.25) is 0 Å². The van der Waals surface area contributed by atoms with Gasteiger partial charge in [0, 0.05) is 30.1 Å². The first-order chi connectivity index (χ1) is 15.0. The minimum Gasteiger partial charge on any atom is -0.493 e. The number of guanidine groups is 1. The van der Waals surface area contributed by atoms with E-state index >= 15 is 0 Å². The molecule has 7 heteroatoms. The maximum Gasteiger partial charge on any atom is 0.191 e. The highest BCUT2D eigenvalue weighted by atomic mass is 127. The van der Waals surface area contributed by atoms with Gasteiger partial charge in [0.15, 0.2) is 17.5 Å². The van der Waals surface area contributed by atoms with Crippen molar-refractivity contribution in [3.63, 3.8) is 0 Å². The van der Waals surface area contributed by atoms with Crippen LogP contribution >= 0.6 is 24.0 Å². The summed E-state index contributed by atoms with van der Waals surface area (Å²) in [5.74, 6) is 2.25. The average molecular weight is 548 g/mol. The molecule has 0 aliphatic rings. The quantitative estimate of drug-likeness (QED) is 0.238.